The number of ether oxygens (including phenoxy) is 1. The Morgan fingerprint density at radius 1 is 1.14 bits per heavy atom. The summed E-state index contributed by atoms with van der Waals surface area (Å²) in [7, 11) is 0. The van der Waals surface area contributed by atoms with E-state index in [9.17, 15) is 0 Å². The monoisotopic (exact) mass is 300 g/mol. The van der Waals surface area contributed by atoms with Crippen molar-refractivity contribution in [3.8, 4) is 11.4 Å². The molecular weight excluding hydrogens is 284 g/mol. The SMILES string of the molecule is CCOc1ccccc1-n1c(CCl)nc2c(C)cccc21. The maximum absolute atomic E-state index is 6.11. The van der Waals surface area contributed by atoms with Crippen molar-refractivity contribution in [3.63, 3.8) is 0 Å². The second kappa shape index (κ2) is 5.78. The average Bonchev–Trinajstić information content (AvgIpc) is 2.88. The first kappa shape index (κ1) is 14.0. The van der Waals surface area contributed by atoms with E-state index in [-0.39, 0.29) is 0 Å². The Balaban J connectivity index is 2.32. The number of aromatic nitrogens is 2. The molecule has 0 radical (unpaired) electrons. The predicted molar refractivity (Wildman–Crippen MR) is 86.5 cm³/mol. The van der Waals surface area contributed by atoms with Crippen LogP contribution in [0, 0.1) is 6.92 Å². The van der Waals surface area contributed by atoms with Crippen molar-refractivity contribution in [2.24, 2.45) is 0 Å². The van der Waals surface area contributed by atoms with E-state index in [1.54, 1.807) is 0 Å². The molecule has 0 unspecified atom stereocenters. The number of halogens is 1. The number of imidazole rings is 1. The van der Waals surface area contributed by atoms with Crippen molar-refractivity contribution in [3.05, 3.63) is 53.9 Å². The Hall–Kier alpha value is -2.00. The number of para-hydroxylation sites is 3. The molecule has 0 bridgehead atoms. The molecule has 0 aliphatic rings. The zero-order chi connectivity index (χ0) is 14.8. The van der Waals surface area contributed by atoms with E-state index >= 15 is 0 Å². The van der Waals surface area contributed by atoms with E-state index in [4.69, 9.17) is 16.3 Å². The smallest absolute Gasteiger partial charge is 0.143 e. The molecule has 3 aromatic rings. The molecule has 0 spiro atoms. The molecule has 0 aliphatic heterocycles. The number of hydrogen-bond acceptors (Lipinski definition) is 2. The molecule has 2 aromatic carbocycles. The fourth-order valence-electron chi connectivity index (χ4n) is 2.57. The van der Waals surface area contributed by atoms with Gasteiger partial charge in [-0.15, -0.1) is 11.6 Å². The molecule has 21 heavy (non-hydrogen) atoms. The van der Waals surface area contributed by atoms with Gasteiger partial charge >= 0.3 is 0 Å². The topological polar surface area (TPSA) is 27.1 Å². The van der Waals surface area contributed by atoms with Crippen LogP contribution < -0.4 is 4.74 Å². The van der Waals surface area contributed by atoms with Gasteiger partial charge in [0.25, 0.3) is 0 Å². The second-order valence-corrected chi connectivity index (χ2v) is 5.11. The predicted octanol–water partition coefficient (Wildman–Crippen LogP) is 4.47. The van der Waals surface area contributed by atoms with Crippen LogP contribution in [0.1, 0.15) is 18.3 Å². The largest absolute Gasteiger partial charge is 0.492 e. The number of nitrogens with zero attached hydrogens (tertiary/aromatic N) is 2. The van der Waals surface area contributed by atoms with Gasteiger partial charge in [0.1, 0.15) is 11.6 Å². The molecular formula is C17H17ClN2O. The van der Waals surface area contributed by atoms with Crippen LogP contribution in [0.2, 0.25) is 0 Å². The van der Waals surface area contributed by atoms with Gasteiger partial charge in [-0.05, 0) is 37.6 Å². The Bertz CT molecular complexity index is 780. The van der Waals surface area contributed by atoms with E-state index in [2.05, 4.69) is 28.6 Å². The molecule has 0 saturated carbocycles. The molecule has 0 saturated heterocycles. The van der Waals surface area contributed by atoms with Crippen LogP contribution in [0.15, 0.2) is 42.5 Å². The molecule has 108 valence electrons. The lowest BCUT2D eigenvalue weighted by atomic mass is 10.2. The number of fused-ring (bicyclic) bond motifs is 1. The van der Waals surface area contributed by atoms with Crippen LogP contribution >= 0.6 is 11.6 Å². The molecule has 0 amide bonds. The standard InChI is InChI=1S/C17H17ClN2O/c1-3-21-15-10-5-4-8-13(15)20-14-9-6-7-12(2)17(14)19-16(20)11-18/h4-10H,3,11H2,1-2H3. The molecule has 0 N–H and O–H groups in total. The third-order valence-corrected chi connectivity index (χ3v) is 3.72. The van der Waals surface area contributed by atoms with E-state index in [1.807, 2.05) is 37.3 Å². The average molecular weight is 301 g/mol. The summed E-state index contributed by atoms with van der Waals surface area (Å²) in [6.45, 7) is 4.67. The lowest BCUT2D eigenvalue weighted by Gasteiger charge is -2.13. The van der Waals surface area contributed by atoms with Gasteiger partial charge in [0.05, 0.1) is 29.2 Å². The summed E-state index contributed by atoms with van der Waals surface area (Å²) in [6, 6.07) is 14.1. The summed E-state index contributed by atoms with van der Waals surface area (Å²) >= 11 is 6.11. The molecule has 0 aliphatic carbocycles. The van der Waals surface area contributed by atoms with Crippen molar-refractivity contribution in [2.75, 3.05) is 6.61 Å². The first-order valence-corrected chi connectivity index (χ1v) is 7.54. The fourth-order valence-corrected chi connectivity index (χ4v) is 2.74. The summed E-state index contributed by atoms with van der Waals surface area (Å²) in [5.41, 5.74) is 4.16. The number of benzene rings is 2. The molecule has 0 fully saturated rings. The molecule has 0 atom stereocenters. The van der Waals surface area contributed by atoms with Crippen LogP contribution in [0.4, 0.5) is 0 Å². The highest BCUT2D eigenvalue weighted by Crippen LogP contribution is 2.30. The van der Waals surface area contributed by atoms with Crippen molar-refractivity contribution in [1.29, 1.82) is 0 Å². The van der Waals surface area contributed by atoms with Gasteiger partial charge in [0, 0.05) is 0 Å². The van der Waals surface area contributed by atoms with Gasteiger partial charge in [-0.2, -0.15) is 0 Å². The quantitative estimate of drug-likeness (QED) is 0.665. The molecule has 3 nitrogen and oxygen atoms in total. The highest BCUT2D eigenvalue weighted by Gasteiger charge is 2.15. The molecule has 4 heteroatoms. The number of hydrogen-bond donors (Lipinski definition) is 0. The minimum absolute atomic E-state index is 0.356. The third kappa shape index (κ3) is 2.38. The van der Waals surface area contributed by atoms with Crippen LogP contribution in [0.5, 0.6) is 5.75 Å². The van der Waals surface area contributed by atoms with Crippen molar-refractivity contribution in [1.82, 2.24) is 9.55 Å². The summed E-state index contributed by atoms with van der Waals surface area (Å²) in [6.07, 6.45) is 0. The van der Waals surface area contributed by atoms with E-state index < -0.39 is 0 Å². The number of rotatable bonds is 4. The van der Waals surface area contributed by atoms with E-state index in [0.717, 1.165) is 33.9 Å². The van der Waals surface area contributed by atoms with Crippen molar-refractivity contribution in [2.45, 2.75) is 19.7 Å². The first-order valence-electron chi connectivity index (χ1n) is 7.01. The van der Waals surface area contributed by atoms with Crippen molar-refractivity contribution >= 4 is 22.6 Å². The maximum atomic E-state index is 6.11. The zero-order valence-electron chi connectivity index (χ0n) is 12.1. The van der Waals surface area contributed by atoms with Crippen molar-refractivity contribution < 1.29 is 4.74 Å². The van der Waals surface area contributed by atoms with Gasteiger partial charge in [0.15, 0.2) is 0 Å². The van der Waals surface area contributed by atoms with Crippen LogP contribution in [-0.4, -0.2) is 16.2 Å². The Morgan fingerprint density at radius 2 is 1.95 bits per heavy atom. The second-order valence-electron chi connectivity index (χ2n) is 4.84. The lowest BCUT2D eigenvalue weighted by Crippen LogP contribution is -2.03. The summed E-state index contributed by atoms with van der Waals surface area (Å²) in [5, 5.41) is 0. The first-order chi connectivity index (χ1) is 10.3. The van der Waals surface area contributed by atoms with Crippen LogP contribution in [0.3, 0.4) is 0 Å². The third-order valence-electron chi connectivity index (χ3n) is 3.48. The van der Waals surface area contributed by atoms with E-state index in [1.165, 1.54) is 0 Å². The van der Waals surface area contributed by atoms with Crippen LogP contribution in [0.25, 0.3) is 16.7 Å². The summed E-state index contributed by atoms with van der Waals surface area (Å²) in [5.74, 6) is 2.02. The summed E-state index contributed by atoms with van der Waals surface area (Å²) in [4.78, 5) is 4.68. The van der Waals surface area contributed by atoms with Gasteiger partial charge < -0.3 is 4.74 Å². The Morgan fingerprint density at radius 3 is 2.71 bits per heavy atom. The molecule has 3 rings (SSSR count). The Labute approximate surface area is 129 Å². The zero-order valence-corrected chi connectivity index (χ0v) is 12.9. The minimum Gasteiger partial charge on any atom is -0.492 e. The van der Waals surface area contributed by atoms with Gasteiger partial charge in [-0.3, -0.25) is 4.57 Å². The van der Waals surface area contributed by atoms with Crippen LogP contribution in [-0.2, 0) is 5.88 Å². The normalized spacial score (nSPS) is 11.0. The maximum Gasteiger partial charge on any atom is 0.143 e. The molecule has 1 aromatic heterocycles. The highest BCUT2D eigenvalue weighted by atomic mass is 35.5. The van der Waals surface area contributed by atoms with Gasteiger partial charge in [-0.1, -0.05) is 24.3 Å². The fraction of sp³-hybridized carbons (Fsp3) is 0.235. The number of alkyl halides is 1. The van der Waals surface area contributed by atoms with Gasteiger partial charge in [0.2, 0.25) is 0 Å². The minimum atomic E-state index is 0.356. The summed E-state index contributed by atoms with van der Waals surface area (Å²) < 4.78 is 7.83. The van der Waals surface area contributed by atoms with E-state index in [0.29, 0.717) is 12.5 Å². The highest BCUT2D eigenvalue weighted by molar-refractivity contribution is 6.17. The Kier molecular flexibility index (Phi) is 3.84. The number of aryl methyl sites for hydroxylation is 1. The van der Waals surface area contributed by atoms with Gasteiger partial charge in [-0.25, -0.2) is 4.98 Å². The lowest BCUT2D eigenvalue weighted by molar-refractivity contribution is 0.339. The molecule has 1 heterocycles.